The Bertz CT molecular complexity index is 255. The first-order valence-corrected chi connectivity index (χ1v) is 6.83. The van der Waals surface area contributed by atoms with Crippen molar-refractivity contribution in [3.8, 4) is 0 Å². The molecule has 0 bridgehead atoms. The van der Waals surface area contributed by atoms with Crippen LogP contribution in [0.15, 0.2) is 0 Å². The third-order valence-corrected chi connectivity index (χ3v) is 4.10. The van der Waals surface area contributed by atoms with Crippen molar-refractivity contribution in [2.24, 2.45) is 5.92 Å². The summed E-state index contributed by atoms with van der Waals surface area (Å²) in [5, 5.41) is 3.28. The molecular formula is C13H25N3O. The summed E-state index contributed by atoms with van der Waals surface area (Å²) in [5.74, 6) is 0.989. The maximum absolute atomic E-state index is 12.1. The molecular weight excluding hydrogens is 214 g/mol. The van der Waals surface area contributed by atoms with Crippen LogP contribution in [0, 0.1) is 5.92 Å². The van der Waals surface area contributed by atoms with Crippen LogP contribution in [-0.4, -0.2) is 62.0 Å². The van der Waals surface area contributed by atoms with Crippen molar-refractivity contribution >= 4 is 5.91 Å². The average molecular weight is 239 g/mol. The van der Waals surface area contributed by atoms with E-state index >= 15 is 0 Å². The number of carbonyl (C=O) groups excluding carboxylic acids is 1. The number of nitrogens with one attached hydrogen (secondary N) is 1. The van der Waals surface area contributed by atoms with Gasteiger partial charge in [-0.1, -0.05) is 0 Å². The first kappa shape index (κ1) is 12.8. The number of hydrogen-bond donors (Lipinski definition) is 1. The van der Waals surface area contributed by atoms with Crippen LogP contribution in [0.4, 0.5) is 0 Å². The first-order chi connectivity index (χ1) is 8.16. The fourth-order valence-corrected chi connectivity index (χ4v) is 2.88. The molecule has 2 saturated heterocycles. The van der Waals surface area contributed by atoms with Crippen LogP contribution in [-0.2, 0) is 4.79 Å². The Labute approximate surface area is 104 Å². The lowest BCUT2D eigenvalue weighted by atomic mass is 9.96. The lowest BCUT2D eigenvalue weighted by molar-refractivity contribution is -0.132. The summed E-state index contributed by atoms with van der Waals surface area (Å²) in [6.07, 6.45) is 4.60. The van der Waals surface area contributed by atoms with E-state index in [4.69, 9.17) is 0 Å². The van der Waals surface area contributed by atoms with E-state index in [1.54, 1.807) is 0 Å². The summed E-state index contributed by atoms with van der Waals surface area (Å²) < 4.78 is 0. The molecule has 2 aliphatic heterocycles. The second-order valence-corrected chi connectivity index (χ2v) is 5.61. The van der Waals surface area contributed by atoms with Crippen LogP contribution in [0.3, 0.4) is 0 Å². The maximum atomic E-state index is 12.1. The molecule has 98 valence electrons. The van der Waals surface area contributed by atoms with E-state index in [2.05, 4.69) is 17.3 Å². The Morgan fingerprint density at radius 3 is 2.65 bits per heavy atom. The molecule has 0 radical (unpaired) electrons. The molecule has 0 aromatic rings. The monoisotopic (exact) mass is 239 g/mol. The van der Waals surface area contributed by atoms with Crippen molar-refractivity contribution in [2.45, 2.75) is 31.7 Å². The predicted molar refractivity (Wildman–Crippen MR) is 68.9 cm³/mol. The van der Waals surface area contributed by atoms with E-state index in [1.165, 1.54) is 25.9 Å². The summed E-state index contributed by atoms with van der Waals surface area (Å²) in [6, 6.07) is 0.0891. The normalized spacial score (nSPS) is 27.3. The molecule has 2 rings (SSSR count). The van der Waals surface area contributed by atoms with Crippen molar-refractivity contribution in [3.05, 3.63) is 0 Å². The third-order valence-electron chi connectivity index (χ3n) is 4.10. The quantitative estimate of drug-likeness (QED) is 0.781. The van der Waals surface area contributed by atoms with Crippen molar-refractivity contribution in [1.82, 2.24) is 15.1 Å². The summed E-state index contributed by atoms with van der Waals surface area (Å²) in [4.78, 5) is 16.5. The Balaban J connectivity index is 1.76. The number of likely N-dealkylation sites (tertiary alicyclic amines) is 1. The second kappa shape index (κ2) is 5.83. The zero-order valence-electron chi connectivity index (χ0n) is 11.1. The molecule has 0 aromatic carbocycles. The number of piperidine rings is 1. The smallest absolute Gasteiger partial charge is 0.239 e. The van der Waals surface area contributed by atoms with Crippen LogP contribution < -0.4 is 5.32 Å². The highest BCUT2D eigenvalue weighted by Crippen LogP contribution is 2.17. The van der Waals surface area contributed by atoms with Crippen LogP contribution in [0.5, 0.6) is 0 Å². The van der Waals surface area contributed by atoms with Gasteiger partial charge in [0, 0.05) is 13.6 Å². The van der Waals surface area contributed by atoms with E-state index < -0.39 is 0 Å². The molecule has 0 unspecified atom stereocenters. The largest absolute Gasteiger partial charge is 0.344 e. The molecule has 0 aromatic heterocycles. The van der Waals surface area contributed by atoms with Gasteiger partial charge in [-0.15, -0.1) is 0 Å². The van der Waals surface area contributed by atoms with Gasteiger partial charge in [-0.05, 0) is 58.3 Å². The SMILES string of the molecule is CN1CCC(CN(C)C(=O)[C@@H]2CCCN2)CC1. The van der Waals surface area contributed by atoms with Gasteiger partial charge in [-0.25, -0.2) is 0 Å². The van der Waals surface area contributed by atoms with Gasteiger partial charge in [0.2, 0.25) is 5.91 Å². The van der Waals surface area contributed by atoms with Crippen molar-refractivity contribution in [3.63, 3.8) is 0 Å². The summed E-state index contributed by atoms with van der Waals surface area (Å²) in [7, 11) is 4.13. The molecule has 2 heterocycles. The molecule has 0 spiro atoms. The highest BCUT2D eigenvalue weighted by Gasteiger charge is 2.27. The van der Waals surface area contributed by atoms with E-state index in [9.17, 15) is 4.79 Å². The van der Waals surface area contributed by atoms with E-state index in [-0.39, 0.29) is 6.04 Å². The van der Waals surface area contributed by atoms with Crippen molar-refractivity contribution in [1.29, 1.82) is 0 Å². The number of likely N-dealkylation sites (N-methyl/N-ethyl adjacent to an activating group) is 1. The lowest BCUT2D eigenvalue weighted by Gasteiger charge is -2.32. The van der Waals surface area contributed by atoms with Gasteiger partial charge in [0.15, 0.2) is 0 Å². The zero-order valence-corrected chi connectivity index (χ0v) is 11.1. The fraction of sp³-hybridized carbons (Fsp3) is 0.923. The van der Waals surface area contributed by atoms with Crippen molar-refractivity contribution in [2.75, 3.05) is 40.3 Å². The van der Waals surface area contributed by atoms with E-state index in [1.807, 2.05) is 11.9 Å². The van der Waals surface area contributed by atoms with Gasteiger partial charge in [0.25, 0.3) is 0 Å². The van der Waals surface area contributed by atoms with Crippen LogP contribution in [0.2, 0.25) is 0 Å². The second-order valence-electron chi connectivity index (χ2n) is 5.61. The number of nitrogens with zero attached hydrogens (tertiary/aromatic N) is 2. The van der Waals surface area contributed by atoms with Crippen LogP contribution in [0.25, 0.3) is 0 Å². The molecule has 2 aliphatic rings. The number of amides is 1. The maximum Gasteiger partial charge on any atom is 0.239 e. The summed E-state index contributed by atoms with van der Waals surface area (Å²) in [5.41, 5.74) is 0. The van der Waals surface area contributed by atoms with E-state index in [0.717, 1.165) is 25.9 Å². The fourth-order valence-electron chi connectivity index (χ4n) is 2.88. The van der Waals surface area contributed by atoms with Crippen LogP contribution in [0.1, 0.15) is 25.7 Å². The Hall–Kier alpha value is -0.610. The first-order valence-electron chi connectivity index (χ1n) is 6.83. The molecule has 1 amide bonds. The molecule has 17 heavy (non-hydrogen) atoms. The standard InChI is InChI=1S/C13H25N3O/c1-15-8-5-11(6-9-15)10-16(2)13(17)12-4-3-7-14-12/h11-12,14H,3-10H2,1-2H3/t12-/m0/s1. The van der Waals surface area contributed by atoms with E-state index in [0.29, 0.717) is 11.8 Å². The average Bonchev–Trinajstić information content (AvgIpc) is 2.84. The minimum absolute atomic E-state index is 0.0891. The number of carbonyl (C=O) groups is 1. The minimum atomic E-state index is 0.0891. The van der Waals surface area contributed by atoms with Gasteiger partial charge in [0.1, 0.15) is 0 Å². The highest BCUT2D eigenvalue weighted by atomic mass is 16.2. The molecule has 1 atom stereocenters. The minimum Gasteiger partial charge on any atom is -0.344 e. The number of hydrogen-bond acceptors (Lipinski definition) is 3. The topological polar surface area (TPSA) is 35.6 Å². The van der Waals surface area contributed by atoms with Gasteiger partial charge in [-0.2, -0.15) is 0 Å². The molecule has 0 saturated carbocycles. The Morgan fingerprint density at radius 1 is 1.35 bits per heavy atom. The van der Waals surface area contributed by atoms with Gasteiger partial charge in [-0.3, -0.25) is 4.79 Å². The molecule has 1 N–H and O–H groups in total. The van der Waals surface area contributed by atoms with Gasteiger partial charge < -0.3 is 15.1 Å². The third kappa shape index (κ3) is 3.42. The Morgan fingerprint density at radius 2 is 2.06 bits per heavy atom. The molecule has 4 heteroatoms. The molecule has 0 aliphatic carbocycles. The Kier molecular flexibility index (Phi) is 4.40. The molecule has 4 nitrogen and oxygen atoms in total. The van der Waals surface area contributed by atoms with Gasteiger partial charge >= 0.3 is 0 Å². The lowest BCUT2D eigenvalue weighted by Crippen LogP contribution is -2.44. The van der Waals surface area contributed by atoms with Gasteiger partial charge in [0.05, 0.1) is 6.04 Å². The molecule has 2 fully saturated rings. The zero-order chi connectivity index (χ0) is 12.3. The van der Waals surface area contributed by atoms with Crippen LogP contribution >= 0.6 is 0 Å². The predicted octanol–water partition coefficient (Wildman–Crippen LogP) is 0.539. The summed E-state index contributed by atoms with van der Waals surface area (Å²) >= 11 is 0. The highest BCUT2D eigenvalue weighted by molar-refractivity contribution is 5.81. The number of rotatable bonds is 3. The summed E-state index contributed by atoms with van der Waals surface area (Å²) in [6.45, 7) is 4.28. The van der Waals surface area contributed by atoms with Crippen molar-refractivity contribution < 1.29 is 4.79 Å².